The minimum atomic E-state index is -0.965. The Balaban J connectivity index is 1.88. The van der Waals surface area contributed by atoms with Crippen LogP contribution < -0.4 is 15.4 Å². The summed E-state index contributed by atoms with van der Waals surface area (Å²) in [6.07, 6.45) is 0. The number of imide groups is 1. The summed E-state index contributed by atoms with van der Waals surface area (Å²) in [7, 11) is 1.58. The van der Waals surface area contributed by atoms with E-state index < -0.39 is 23.4 Å². The summed E-state index contributed by atoms with van der Waals surface area (Å²) in [5.41, 5.74) is -0.0699. The largest absolute Gasteiger partial charge is 0.497 e. The first-order valence-electron chi connectivity index (χ1n) is 6.87. The molecule has 1 aromatic carbocycles. The fourth-order valence-corrected chi connectivity index (χ4v) is 2.11. The Kier molecular flexibility index (Phi) is 4.35. The first kappa shape index (κ1) is 15.8. The van der Waals surface area contributed by atoms with Crippen LogP contribution in [0.3, 0.4) is 0 Å². The Morgan fingerprint density at radius 3 is 2.41 bits per heavy atom. The van der Waals surface area contributed by atoms with Crippen molar-refractivity contribution in [3.05, 3.63) is 29.8 Å². The monoisotopic (exact) mass is 305 g/mol. The molecule has 0 atom stereocenters. The van der Waals surface area contributed by atoms with Crippen LogP contribution in [-0.4, -0.2) is 41.9 Å². The highest BCUT2D eigenvalue weighted by molar-refractivity contribution is 6.08. The lowest BCUT2D eigenvalue weighted by Crippen LogP contribution is -2.43. The third-order valence-electron chi connectivity index (χ3n) is 3.39. The summed E-state index contributed by atoms with van der Waals surface area (Å²) in [5.74, 6) is -0.0641. The SMILES string of the molecule is COc1ccc(CNC(=O)CN2C(=O)NC(C)(C)C2=O)cc1. The summed E-state index contributed by atoms with van der Waals surface area (Å²) in [5, 5.41) is 5.21. The van der Waals surface area contributed by atoms with Crippen LogP contribution in [0.5, 0.6) is 5.75 Å². The predicted molar refractivity (Wildman–Crippen MR) is 79.2 cm³/mol. The molecule has 0 spiro atoms. The minimum absolute atomic E-state index is 0.287. The van der Waals surface area contributed by atoms with Gasteiger partial charge in [-0.1, -0.05) is 12.1 Å². The molecule has 0 bridgehead atoms. The van der Waals surface area contributed by atoms with Gasteiger partial charge in [0, 0.05) is 6.54 Å². The molecule has 0 radical (unpaired) electrons. The number of urea groups is 1. The van der Waals surface area contributed by atoms with Gasteiger partial charge in [0.05, 0.1) is 7.11 Å². The van der Waals surface area contributed by atoms with E-state index in [1.807, 2.05) is 12.1 Å². The second-order valence-electron chi connectivity index (χ2n) is 5.57. The number of carbonyl (C=O) groups excluding carboxylic acids is 3. The van der Waals surface area contributed by atoms with Crippen molar-refractivity contribution in [2.24, 2.45) is 0 Å². The quantitative estimate of drug-likeness (QED) is 0.782. The summed E-state index contributed by atoms with van der Waals surface area (Å²) in [6, 6.07) is 6.70. The fourth-order valence-electron chi connectivity index (χ4n) is 2.11. The Morgan fingerprint density at radius 2 is 1.91 bits per heavy atom. The van der Waals surface area contributed by atoms with Gasteiger partial charge in [0.2, 0.25) is 5.91 Å². The molecule has 1 aliphatic rings. The molecule has 1 aliphatic heterocycles. The number of amides is 4. The number of nitrogens with zero attached hydrogens (tertiary/aromatic N) is 1. The normalized spacial score (nSPS) is 16.4. The average Bonchev–Trinajstić information content (AvgIpc) is 2.67. The first-order chi connectivity index (χ1) is 10.3. The molecule has 7 nitrogen and oxygen atoms in total. The van der Waals surface area contributed by atoms with Gasteiger partial charge in [-0.25, -0.2) is 4.79 Å². The van der Waals surface area contributed by atoms with Gasteiger partial charge in [0.1, 0.15) is 17.8 Å². The van der Waals surface area contributed by atoms with Crippen molar-refractivity contribution in [3.63, 3.8) is 0 Å². The minimum Gasteiger partial charge on any atom is -0.497 e. The topological polar surface area (TPSA) is 87.7 Å². The lowest BCUT2D eigenvalue weighted by molar-refractivity contribution is -0.134. The number of rotatable bonds is 5. The zero-order valence-electron chi connectivity index (χ0n) is 12.8. The van der Waals surface area contributed by atoms with E-state index in [1.54, 1.807) is 33.1 Å². The van der Waals surface area contributed by atoms with Gasteiger partial charge in [0.25, 0.3) is 5.91 Å². The second kappa shape index (κ2) is 6.05. The lowest BCUT2D eigenvalue weighted by atomic mass is 10.1. The van der Waals surface area contributed by atoms with Crippen LogP contribution in [0.2, 0.25) is 0 Å². The van der Waals surface area contributed by atoms with Crippen molar-refractivity contribution in [2.45, 2.75) is 25.9 Å². The lowest BCUT2D eigenvalue weighted by Gasteiger charge is -2.15. The molecule has 0 aliphatic carbocycles. The van der Waals surface area contributed by atoms with Gasteiger partial charge < -0.3 is 15.4 Å². The maximum Gasteiger partial charge on any atom is 0.325 e. The Bertz CT molecular complexity index is 595. The molecule has 4 amide bonds. The number of methoxy groups -OCH3 is 1. The number of ether oxygens (including phenoxy) is 1. The third-order valence-corrected chi connectivity index (χ3v) is 3.39. The molecule has 0 saturated carbocycles. The highest BCUT2D eigenvalue weighted by atomic mass is 16.5. The van der Waals surface area contributed by atoms with Crippen molar-refractivity contribution in [2.75, 3.05) is 13.7 Å². The van der Waals surface area contributed by atoms with Gasteiger partial charge in [-0.3, -0.25) is 14.5 Å². The molecule has 1 fully saturated rings. The van der Waals surface area contributed by atoms with Crippen molar-refractivity contribution in [1.29, 1.82) is 0 Å². The summed E-state index contributed by atoms with van der Waals surface area (Å²) < 4.78 is 5.05. The van der Waals surface area contributed by atoms with Crippen LogP contribution in [-0.2, 0) is 16.1 Å². The molecule has 0 aromatic heterocycles. The molecule has 1 saturated heterocycles. The van der Waals surface area contributed by atoms with Crippen LogP contribution >= 0.6 is 0 Å². The number of hydrogen-bond donors (Lipinski definition) is 2. The van der Waals surface area contributed by atoms with E-state index in [2.05, 4.69) is 10.6 Å². The van der Waals surface area contributed by atoms with Crippen LogP contribution in [0.1, 0.15) is 19.4 Å². The van der Waals surface area contributed by atoms with Gasteiger partial charge in [-0.15, -0.1) is 0 Å². The predicted octanol–water partition coefficient (Wildman–Crippen LogP) is 0.642. The zero-order valence-corrected chi connectivity index (χ0v) is 12.8. The highest BCUT2D eigenvalue weighted by Gasteiger charge is 2.44. The smallest absolute Gasteiger partial charge is 0.325 e. The van der Waals surface area contributed by atoms with Crippen molar-refractivity contribution in [1.82, 2.24) is 15.5 Å². The Labute approximate surface area is 128 Å². The maximum atomic E-state index is 12.0. The summed E-state index contributed by atoms with van der Waals surface area (Å²) in [4.78, 5) is 36.5. The maximum absolute atomic E-state index is 12.0. The van der Waals surface area contributed by atoms with Gasteiger partial charge in [-0.2, -0.15) is 0 Å². The number of carbonyl (C=O) groups is 3. The number of benzene rings is 1. The van der Waals surface area contributed by atoms with E-state index in [0.29, 0.717) is 6.54 Å². The van der Waals surface area contributed by atoms with Crippen molar-refractivity contribution >= 4 is 17.8 Å². The van der Waals surface area contributed by atoms with Gasteiger partial charge in [-0.05, 0) is 31.5 Å². The first-order valence-corrected chi connectivity index (χ1v) is 6.87. The van der Waals surface area contributed by atoms with Gasteiger partial charge >= 0.3 is 6.03 Å². The highest BCUT2D eigenvalue weighted by Crippen LogP contribution is 2.16. The van der Waals surface area contributed by atoms with Gasteiger partial charge in [0.15, 0.2) is 0 Å². The second-order valence-corrected chi connectivity index (χ2v) is 5.57. The van der Waals surface area contributed by atoms with E-state index >= 15 is 0 Å². The van der Waals surface area contributed by atoms with Crippen LogP contribution in [0, 0.1) is 0 Å². The third kappa shape index (κ3) is 3.36. The summed E-state index contributed by atoms with van der Waals surface area (Å²) in [6.45, 7) is 3.23. The molecule has 118 valence electrons. The van der Waals surface area contributed by atoms with Crippen LogP contribution in [0.25, 0.3) is 0 Å². The molecule has 7 heteroatoms. The van der Waals surface area contributed by atoms with Crippen molar-refractivity contribution < 1.29 is 19.1 Å². The summed E-state index contributed by atoms with van der Waals surface area (Å²) >= 11 is 0. The average molecular weight is 305 g/mol. The Morgan fingerprint density at radius 1 is 1.27 bits per heavy atom. The van der Waals surface area contributed by atoms with E-state index in [-0.39, 0.29) is 6.54 Å². The molecule has 1 heterocycles. The molecule has 1 aromatic rings. The molecule has 2 N–H and O–H groups in total. The van der Waals surface area contributed by atoms with Crippen molar-refractivity contribution in [3.8, 4) is 5.75 Å². The number of hydrogen-bond acceptors (Lipinski definition) is 4. The van der Waals surface area contributed by atoms with E-state index in [4.69, 9.17) is 4.74 Å². The zero-order chi connectivity index (χ0) is 16.3. The standard InChI is InChI=1S/C15H19N3O4/c1-15(2)13(20)18(14(21)17-15)9-12(19)16-8-10-4-6-11(22-3)7-5-10/h4-7H,8-9H2,1-3H3,(H,16,19)(H,17,21). The molecular weight excluding hydrogens is 286 g/mol. The number of nitrogens with one attached hydrogen (secondary N) is 2. The van der Waals surface area contributed by atoms with Crippen LogP contribution in [0.4, 0.5) is 4.79 Å². The Hall–Kier alpha value is -2.57. The molecule has 22 heavy (non-hydrogen) atoms. The fraction of sp³-hybridized carbons (Fsp3) is 0.400. The van der Waals surface area contributed by atoms with Crippen LogP contribution in [0.15, 0.2) is 24.3 Å². The molecule has 0 unspecified atom stereocenters. The molecule has 2 rings (SSSR count). The molecular formula is C15H19N3O4. The van der Waals surface area contributed by atoms with E-state index in [1.165, 1.54) is 0 Å². The van der Waals surface area contributed by atoms with E-state index in [0.717, 1.165) is 16.2 Å². The van der Waals surface area contributed by atoms with E-state index in [9.17, 15) is 14.4 Å².